The Balaban J connectivity index is 1.99. The highest BCUT2D eigenvalue weighted by atomic mass is 16.1. The van der Waals surface area contributed by atoms with Crippen LogP contribution in [0.3, 0.4) is 0 Å². The summed E-state index contributed by atoms with van der Waals surface area (Å²) in [4.78, 5) is 23.9. The van der Waals surface area contributed by atoms with E-state index in [0.29, 0.717) is 11.2 Å². The molecular formula is C20H17N4O+. The number of benzene rings is 2. The van der Waals surface area contributed by atoms with Gasteiger partial charge in [0, 0.05) is 22.8 Å². The maximum atomic E-state index is 11.6. The number of fused-ring (bicyclic) bond motifs is 1. The Bertz CT molecular complexity index is 1090. The summed E-state index contributed by atoms with van der Waals surface area (Å²) in [5.41, 5.74) is 9.53. The van der Waals surface area contributed by atoms with Gasteiger partial charge in [-0.15, -0.1) is 0 Å². The van der Waals surface area contributed by atoms with Crippen LogP contribution in [0.15, 0.2) is 71.5 Å². The van der Waals surface area contributed by atoms with Gasteiger partial charge in [-0.2, -0.15) is 0 Å². The van der Waals surface area contributed by atoms with Crippen molar-refractivity contribution in [1.29, 1.82) is 0 Å². The first-order chi connectivity index (χ1) is 12.2. The lowest BCUT2D eigenvalue weighted by Crippen LogP contribution is -2.47. The summed E-state index contributed by atoms with van der Waals surface area (Å²) in [6.45, 7) is 0.746. The SMILES string of the molecule is [NH3+]Cc1ccc(-c2nc3ccc(=O)[nH]c3nc2-c2ccccc2)cc1. The fraction of sp³-hybridized carbons (Fsp3) is 0.0500. The molecule has 5 heteroatoms. The molecule has 0 unspecified atom stereocenters. The second kappa shape index (κ2) is 6.30. The van der Waals surface area contributed by atoms with Gasteiger partial charge in [-0.3, -0.25) is 4.79 Å². The molecule has 2 heterocycles. The number of hydrogen-bond donors (Lipinski definition) is 2. The maximum absolute atomic E-state index is 11.6. The molecule has 0 fully saturated rings. The molecule has 25 heavy (non-hydrogen) atoms. The molecule has 0 saturated heterocycles. The van der Waals surface area contributed by atoms with Crippen molar-refractivity contribution >= 4 is 11.2 Å². The summed E-state index contributed by atoms with van der Waals surface area (Å²) in [5, 5.41) is 0. The molecule has 4 aromatic rings. The fourth-order valence-electron chi connectivity index (χ4n) is 2.80. The molecule has 122 valence electrons. The van der Waals surface area contributed by atoms with Crippen LogP contribution in [0.5, 0.6) is 0 Å². The average molecular weight is 329 g/mol. The minimum atomic E-state index is -0.187. The Morgan fingerprint density at radius 1 is 0.800 bits per heavy atom. The Morgan fingerprint density at radius 2 is 1.48 bits per heavy atom. The zero-order valence-corrected chi connectivity index (χ0v) is 13.6. The largest absolute Gasteiger partial charge is 0.354 e. The van der Waals surface area contributed by atoms with Crippen LogP contribution in [0.25, 0.3) is 33.7 Å². The minimum absolute atomic E-state index is 0.187. The van der Waals surface area contributed by atoms with Gasteiger partial charge < -0.3 is 10.7 Å². The molecule has 0 bridgehead atoms. The molecule has 0 spiro atoms. The van der Waals surface area contributed by atoms with E-state index >= 15 is 0 Å². The third-order valence-electron chi connectivity index (χ3n) is 4.12. The molecule has 0 aliphatic rings. The third kappa shape index (κ3) is 2.93. The van der Waals surface area contributed by atoms with Crippen molar-refractivity contribution in [3.8, 4) is 22.5 Å². The van der Waals surface area contributed by atoms with Gasteiger partial charge in [-0.25, -0.2) is 9.97 Å². The van der Waals surface area contributed by atoms with Gasteiger partial charge in [0.2, 0.25) is 5.56 Å². The lowest BCUT2D eigenvalue weighted by molar-refractivity contribution is -0.386. The van der Waals surface area contributed by atoms with E-state index in [9.17, 15) is 4.79 Å². The van der Waals surface area contributed by atoms with Crippen molar-refractivity contribution in [3.05, 3.63) is 82.6 Å². The van der Waals surface area contributed by atoms with Crippen LogP contribution >= 0.6 is 0 Å². The topological polar surface area (TPSA) is 86.3 Å². The molecule has 0 aliphatic heterocycles. The Kier molecular flexibility index (Phi) is 3.84. The summed E-state index contributed by atoms with van der Waals surface area (Å²) < 4.78 is 0. The summed E-state index contributed by atoms with van der Waals surface area (Å²) in [6.07, 6.45) is 0. The smallest absolute Gasteiger partial charge is 0.249 e. The van der Waals surface area contributed by atoms with Crippen molar-refractivity contribution in [3.63, 3.8) is 0 Å². The molecule has 4 rings (SSSR count). The highest BCUT2D eigenvalue weighted by molar-refractivity contribution is 5.84. The second-order valence-electron chi connectivity index (χ2n) is 5.79. The first-order valence-corrected chi connectivity index (χ1v) is 8.09. The molecule has 0 saturated carbocycles. The van der Waals surface area contributed by atoms with E-state index in [-0.39, 0.29) is 5.56 Å². The quantitative estimate of drug-likeness (QED) is 0.605. The Hall–Kier alpha value is -3.31. The molecule has 4 N–H and O–H groups in total. The number of hydrogen-bond acceptors (Lipinski definition) is 3. The van der Waals surface area contributed by atoms with E-state index < -0.39 is 0 Å². The van der Waals surface area contributed by atoms with Crippen molar-refractivity contribution in [1.82, 2.24) is 15.0 Å². The number of aromatic nitrogens is 3. The molecule has 0 radical (unpaired) electrons. The van der Waals surface area contributed by atoms with E-state index in [1.54, 1.807) is 6.07 Å². The predicted molar refractivity (Wildman–Crippen MR) is 97.6 cm³/mol. The summed E-state index contributed by atoms with van der Waals surface area (Å²) >= 11 is 0. The maximum Gasteiger partial charge on any atom is 0.249 e. The van der Waals surface area contributed by atoms with Gasteiger partial charge in [0.05, 0.1) is 17.9 Å². The van der Waals surface area contributed by atoms with E-state index in [1.807, 2.05) is 42.5 Å². The lowest BCUT2D eigenvalue weighted by atomic mass is 10.0. The molecular weight excluding hydrogens is 312 g/mol. The van der Waals surface area contributed by atoms with Crippen LogP contribution in [0.1, 0.15) is 5.56 Å². The van der Waals surface area contributed by atoms with Crippen LogP contribution in [0.2, 0.25) is 0 Å². The van der Waals surface area contributed by atoms with Crippen LogP contribution in [0, 0.1) is 0 Å². The number of nitrogens with one attached hydrogen (secondary N) is 1. The summed E-state index contributed by atoms with van der Waals surface area (Å²) in [7, 11) is 0. The Labute approximate surface area is 144 Å². The zero-order valence-electron chi connectivity index (χ0n) is 13.6. The van der Waals surface area contributed by atoms with Gasteiger partial charge in [-0.05, 0) is 6.07 Å². The monoisotopic (exact) mass is 329 g/mol. The lowest BCUT2D eigenvalue weighted by Gasteiger charge is -2.10. The second-order valence-corrected chi connectivity index (χ2v) is 5.79. The Morgan fingerprint density at radius 3 is 2.20 bits per heavy atom. The number of rotatable bonds is 3. The van der Waals surface area contributed by atoms with Gasteiger partial charge in [0.1, 0.15) is 5.52 Å². The van der Waals surface area contributed by atoms with Crippen LogP contribution in [-0.4, -0.2) is 15.0 Å². The molecule has 0 atom stereocenters. The van der Waals surface area contributed by atoms with Crippen LogP contribution in [-0.2, 0) is 6.54 Å². The molecule has 2 aromatic carbocycles. The van der Waals surface area contributed by atoms with Gasteiger partial charge in [0.25, 0.3) is 0 Å². The highest BCUT2D eigenvalue weighted by Crippen LogP contribution is 2.30. The van der Waals surface area contributed by atoms with Gasteiger partial charge in [-0.1, -0.05) is 54.6 Å². The average Bonchev–Trinajstić information content (AvgIpc) is 2.68. The number of pyridine rings is 1. The molecule has 5 nitrogen and oxygen atoms in total. The van der Waals surface area contributed by atoms with Crippen molar-refractivity contribution in [2.24, 2.45) is 0 Å². The van der Waals surface area contributed by atoms with E-state index in [2.05, 4.69) is 22.9 Å². The van der Waals surface area contributed by atoms with Gasteiger partial charge >= 0.3 is 0 Å². The number of H-pyrrole nitrogens is 1. The normalized spacial score (nSPS) is 10.9. The van der Waals surface area contributed by atoms with Gasteiger partial charge in [0.15, 0.2) is 5.65 Å². The zero-order chi connectivity index (χ0) is 17.2. The number of quaternary nitrogens is 1. The van der Waals surface area contributed by atoms with Crippen LogP contribution in [0.4, 0.5) is 0 Å². The molecule has 0 aliphatic carbocycles. The first kappa shape index (κ1) is 15.2. The number of aromatic amines is 1. The van der Waals surface area contributed by atoms with E-state index in [0.717, 1.165) is 29.1 Å². The third-order valence-corrected chi connectivity index (χ3v) is 4.12. The van der Waals surface area contributed by atoms with E-state index in [4.69, 9.17) is 9.97 Å². The van der Waals surface area contributed by atoms with Crippen LogP contribution < -0.4 is 11.3 Å². The summed E-state index contributed by atoms with van der Waals surface area (Å²) in [5.74, 6) is 0. The minimum Gasteiger partial charge on any atom is -0.354 e. The standard InChI is InChI=1S/C20H16N4O/c21-12-13-6-8-15(9-7-13)18-19(14-4-2-1-3-5-14)24-20-16(22-18)10-11-17(25)23-20/h1-11H,12,21H2,(H,23,24,25)/p+1. The molecule has 2 aromatic heterocycles. The molecule has 0 amide bonds. The van der Waals surface area contributed by atoms with Crippen molar-refractivity contribution < 1.29 is 5.73 Å². The highest BCUT2D eigenvalue weighted by Gasteiger charge is 2.13. The van der Waals surface area contributed by atoms with Crippen molar-refractivity contribution in [2.45, 2.75) is 6.54 Å². The summed E-state index contributed by atoms with van der Waals surface area (Å²) in [6, 6.07) is 21.2. The first-order valence-electron chi connectivity index (χ1n) is 8.09. The van der Waals surface area contributed by atoms with Crippen molar-refractivity contribution in [2.75, 3.05) is 0 Å². The fourth-order valence-corrected chi connectivity index (χ4v) is 2.80. The predicted octanol–water partition coefficient (Wildman–Crippen LogP) is 2.39. The number of nitrogens with zero attached hydrogens (tertiary/aromatic N) is 2. The van der Waals surface area contributed by atoms with E-state index in [1.165, 1.54) is 11.6 Å².